The third kappa shape index (κ3) is 1.59. The molecular formula is C20H15N3. The maximum absolute atomic E-state index is 4.87. The standard InChI is InChI=1S/C20H15N3/c1-2-13-7-5-11-17-18(13)19-14(8-6-12-21-19)20-22-15-9-3-4-10-16(15)23(17)20/h3-12H,2H2,1H3. The molecule has 2 aromatic carbocycles. The smallest absolute Gasteiger partial charge is 0.147 e. The number of nitrogens with zero attached hydrogens (tertiary/aromatic N) is 3. The minimum Gasteiger partial charge on any atom is -0.292 e. The van der Waals surface area contributed by atoms with Crippen LogP contribution in [-0.4, -0.2) is 14.4 Å². The van der Waals surface area contributed by atoms with Crippen LogP contribution in [0.1, 0.15) is 12.5 Å². The van der Waals surface area contributed by atoms with Gasteiger partial charge in [-0.1, -0.05) is 31.2 Å². The second kappa shape index (κ2) is 4.53. The van der Waals surface area contributed by atoms with Crippen molar-refractivity contribution in [2.75, 3.05) is 0 Å². The Labute approximate surface area is 133 Å². The van der Waals surface area contributed by atoms with Crippen LogP contribution in [0.25, 0.3) is 38.5 Å². The summed E-state index contributed by atoms with van der Waals surface area (Å²) < 4.78 is 2.27. The third-order valence-corrected chi connectivity index (χ3v) is 4.60. The Morgan fingerprint density at radius 3 is 2.70 bits per heavy atom. The van der Waals surface area contributed by atoms with Crippen molar-refractivity contribution in [2.24, 2.45) is 0 Å². The normalized spacial score (nSPS) is 11.9. The molecule has 5 aromatic rings. The molecule has 3 heteroatoms. The average molecular weight is 297 g/mol. The van der Waals surface area contributed by atoms with Crippen LogP contribution in [0.3, 0.4) is 0 Å². The zero-order valence-corrected chi connectivity index (χ0v) is 12.8. The largest absolute Gasteiger partial charge is 0.292 e. The Bertz CT molecular complexity index is 1200. The van der Waals surface area contributed by atoms with Gasteiger partial charge >= 0.3 is 0 Å². The van der Waals surface area contributed by atoms with Crippen molar-refractivity contribution in [3.05, 3.63) is 66.4 Å². The highest BCUT2D eigenvalue weighted by molar-refractivity contribution is 6.13. The zero-order valence-electron chi connectivity index (χ0n) is 12.8. The summed E-state index contributed by atoms with van der Waals surface area (Å²) in [6.07, 6.45) is 2.86. The molecule has 0 aliphatic carbocycles. The number of hydrogen-bond acceptors (Lipinski definition) is 2. The molecule has 110 valence electrons. The SMILES string of the molecule is CCc1cccc2c1c1ncccc1c1nc3ccccc3n21. The van der Waals surface area contributed by atoms with Crippen LogP contribution < -0.4 is 0 Å². The van der Waals surface area contributed by atoms with Gasteiger partial charge in [-0.25, -0.2) is 4.98 Å². The summed E-state index contributed by atoms with van der Waals surface area (Å²) in [6, 6.07) is 18.9. The van der Waals surface area contributed by atoms with Gasteiger partial charge in [-0.2, -0.15) is 0 Å². The van der Waals surface area contributed by atoms with Gasteiger partial charge in [0.2, 0.25) is 0 Å². The highest BCUT2D eigenvalue weighted by Gasteiger charge is 2.15. The molecule has 0 bridgehead atoms. The van der Waals surface area contributed by atoms with E-state index in [-0.39, 0.29) is 0 Å². The van der Waals surface area contributed by atoms with Crippen LogP contribution >= 0.6 is 0 Å². The number of imidazole rings is 1. The molecule has 0 saturated carbocycles. The van der Waals surface area contributed by atoms with E-state index in [9.17, 15) is 0 Å². The van der Waals surface area contributed by atoms with Gasteiger partial charge in [0, 0.05) is 17.0 Å². The lowest BCUT2D eigenvalue weighted by atomic mass is 10.0. The van der Waals surface area contributed by atoms with E-state index >= 15 is 0 Å². The lowest BCUT2D eigenvalue weighted by molar-refractivity contribution is 1.15. The van der Waals surface area contributed by atoms with Crippen LogP contribution in [0.4, 0.5) is 0 Å². The maximum atomic E-state index is 4.87. The lowest BCUT2D eigenvalue weighted by Gasteiger charge is -2.11. The van der Waals surface area contributed by atoms with E-state index in [0.29, 0.717) is 0 Å². The Hall–Kier alpha value is -2.94. The molecule has 5 rings (SSSR count). The highest BCUT2D eigenvalue weighted by Crippen LogP contribution is 2.32. The fourth-order valence-electron chi connectivity index (χ4n) is 3.58. The van der Waals surface area contributed by atoms with Gasteiger partial charge < -0.3 is 0 Å². The summed E-state index contributed by atoms with van der Waals surface area (Å²) in [7, 11) is 0. The first-order valence-electron chi connectivity index (χ1n) is 7.94. The topological polar surface area (TPSA) is 30.2 Å². The van der Waals surface area contributed by atoms with E-state index in [4.69, 9.17) is 4.98 Å². The summed E-state index contributed by atoms with van der Waals surface area (Å²) in [5.74, 6) is 0. The van der Waals surface area contributed by atoms with Crippen LogP contribution in [0.15, 0.2) is 60.8 Å². The van der Waals surface area contributed by atoms with Gasteiger partial charge in [0.05, 0.1) is 22.1 Å². The van der Waals surface area contributed by atoms with Crippen molar-refractivity contribution in [3.63, 3.8) is 0 Å². The van der Waals surface area contributed by atoms with Crippen molar-refractivity contribution in [1.29, 1.82) is 0 Å². The molecule has 3 heterocycles. The first-order chi connectivity index (χ1) is 11.4. The molecule has 0 unspecified atom stereocenters. The molecule has 3 aromatic heterocycles. The molecule has 0 aliphatic rings. The second-order valence-corrected chi connectivity index (χ2v) is 5.82. The molecular weight excluding hydrogens is 282 g/mol. The van der Waals surface area contributed by atoms with E-state index in [1.807, 2.05) is 18.3 Å². The molecule has 0 atom stereocenters. The molecule has 0 spiro atoms. The van der Waals surface area contributed by atoms with Gasteiger partial charge in [0.25, 0.3) is 0 Å². The highest BCUT2D eigenvalue weighted by atomic mass is 15.0. The number of rotatable bonds is 1. The molecule has 0 aliphatic heterocycles. The number of benzene rings is 2. The van der Waals surface area contributed by atoms with Crippen LogP contribution in [-0.2, 0) is 6.42 Å². The van der Waals surface area contributed by atoms with E-state index < -0.39 is 0 Å². The van der Waals surface area contributed by atoms with E-state index in [2.05, 4.69) is 58.8 Å². The van der Waals surface area contributed by atoms with E-state index in [0.717, 1.165) is 34.0 Å². The number of hydrogen-bond donors (Lipinski definition) is 0. The van der Waals surface area contributed by atoms with Gasteiger partial charge in [-0.05, 0) is 42.3 Å². The van der Waals surface area contributed by atoms with Gasteiger partial charge in [-0.15, -0.1) is 0 Å². The summed E-state index contributed by atoms with van der Waals surface area (Å²) in [5.41, 5.74) is 6.70. The maximum Gasteiger partial charge on any atom is 0.147 e. The molecule has 0 N–H and O–H groups in total. The fraction of sp³-hybridized carbons (Fsp3) is 0.100. The monoisotopic (exact) mass is 297 g/mol. The fourth-order valence-corrected chi connectivity index (χ4v) is 3.58. The molecule has 3 nitrogen and oxygen atoms in total. The number of aromatic nitrogens is 3. The van der Waals surface area contributed by atoms with Crippen LogP contribution in [0.2, 0.25) is 0 Å². The Morgan fingerprint density at radius 1 is 0.913 bits per heavy atom. The Morgan fingerprint density at radius 2 is 1.78 bits per heavy atom. The summed E-state index contributed by atoms with van der Waals surface area (Å²) in [5, 5.41) is 2.35. The first kappa shape index (κ1) is 12.6. The quantitative estimate of drug-likeness (QED) is 0.418. The zero-order chi connectivity index (χ0) is 15.4. The predicted molar refractivity (Wildman–Crippen MR) is 94.9 cm³/mol. The Balaban J connectivity index is 2.22. The molecule has 0 saturated heterocycles. The van der Waals surface area contributed by atoms with Gasteiger partial charge in [0.1, 0.15) is 5.65 Å². The number of pyridine rings is 2. The molecule has 0 fully saturated rings. The van der Waals surface area contributed by atoms with Crippen molar-refractivity contribution in [1.82, 2.24) is 14.4 Å². The summed E-state index contributed by atoms with van der Waals surface area (Å²) >= 11 is 0. The van der Waals surface area contributed by atoms with Gasteiger partial charge in [-0.3, -0.25) is 9.38 Å². The number of aryl methyl sites for hydroxylation is 1. The van der Waals surface area contributed by atoms with E-state index in [1.165, 1.54) is 16.5 Å². The average Bonchev–Trinajstić information content (AvgIpc) is 3.01. The van der Waals surface area contributed by atoms with Crippen molar-refractivity contribution in [3.8, 4) is 0 Å². The minimum absolute atomic E-state index is 0.982. The van der Waals surface area contributed by atoms with Crippen molar-refractivity contribution >= 4 is 38.5 Å². The molecule has 0 radical (unpaired) electrons. The third-order valence-electron chi connectivity index (χ3n) is 4.60. The molecule has 0 amide bonds. The van der Waals surface area contributed by atoms with Crippen LogP contribution in [0, 0.1) is 0 Å². The second-order valence-electron chi connectivity index (χ2n) is 5.82. The molecule has 23 heavy (non-hydrogen) atoms. The first-order valence-corrected chi connectivity index (χ1v) is 7.94. The van der Waals surface area contributed by atoms with Crippen molar-refractivity contribution in [2.45, 2.75) is 13.3 Å². The van der Waals surface area contributed by atoms with E-state index in [1.54, 1.807) is 0 Å². The number of para-hydroxylation sites is 2. The van der Waals surface area contributed by atoms with Gasteiger partial charge in [0.15, 0.2) is 0 Å². The number of fused-ring (bicyclic) bond motifs is 8. The Kier molecular flexibility index (Phi) is 2.48. The minimum atomic E-state index is 0.982. The summed E-state index contributed by atoms with van der Waals surface area (Å²) in [6.45, 7) is 2.19. The lowest BCUT2D eigenvalue weighted by Crippen LogP contribution is -1.95. The predicted octanol–water partition coefficient (Wildman–Crippen LogP) is 4.75. The van der Waals surface area contributed by atoms with Crippen molar-refractivity contribution < 1.29 is 0 Å². The summed E-state index contributed by atoms with van der Waals surface area (Å²) in [4.78, 5) is 9.56. The van der Waals surface area contributed by atoms with Crippen LogP contribution in [0.5, 0.6) is 0 Å².